The van der Waals surface area contributed by atoms with E-state index in [9.17, 15) is 14.4 Å². The molecule has 0 rings (SSSR count). The van der Waals surface area contributed by atoms with Crippen LogP contribution in [0.15, 0.2) is 0 Å². The van der Waals surface area contributed by atoms with Gasteiger partial charge < -0.3 is 14.2 Å². The number of carbonyl (C=O) groups is 3. The molecule has 0 spiro atoms. The molecule has 0 saturated carbocycles. The van der Waals surface area contributed by atoms with Gasteiger partial charge in [-0.2, -0.15) is 0 Å². The lowest BCUT2D eigenvalue weighted by Gasteiger charge is -2.18. The van der Waals surface area contributed by atoms with Crippen molar-refractivity contribution in [3.63, 3.8) is 0 Å². The van der Waals surface area contributed by atoms with E-state index in [4.69, 9.17) is 14.2 Å². The van der Waals surface area contributed by atoms with Crippen LogP contribution in [0.5, 0.6) is 0 Å². The van der Waals surface area contributed by atoms with Gasteiger partial charge in [0.15, 0.2) is 6.10 Å². The van der Waals surface area contributed by atoms with Crippen molar-refractivity contribution >= 4 is 17.9 Å². The highest BCUT2D eigenvalue weighted by atomic mass is 16.6. The van der Waals surface area contributed by atoms with Crippen LogP contribution in [0.25, 0.3) is 0 Å². The van der Waals surface area contributed by atoms with Gasteiger partial charge in [0, 0.05) is 19.3 Å². The maximum Gasteiger partial charge on any atom is 0.306 e. The Morgan fingerprint density at radius 1 is 0.274 bits per heavy atom. The van der Waals surface area contributed by atoms with Crippen LogP contribution in [0.1, 0.15) is 375 Å². The van der Waals surface area contributed by atoms with Gasteiger partial charge >= 0.3 is 17.9 Å². The van der Waals surface area contributed by atoms with E-state index in [1.54, 1.807) is 0 Å². The van der Waals surface area contributed by atoms with Gasteiger partial charge in [-0.1, -0.05) is 337 Å². The largest absolute Gasteiger partial charge is 0.462 e. The summed E-state index contributed by atoms with van der Waals surface area (Å²) in [6, 6.07) is 0. The van der Waals surface area contributed by atoms with Crippen molar-refractivity contribution in [3.8, 4) is 0 Å². The molecule has 0 aromatic rings. The molecule has 0 N–H and O–H groups in total. The lowest BCUT2D eigenvalue weighted by atomic mass is 9.99. The quantitative estimate of drug-likeness (QED) is 0.0343. The minimum Gasteiger partial charge on any atom is -0.462 e. The first kappa shape index (κ1) is 71.4. The van der Waals surface area contributed by atoms with E-state index in [2.05, 4.69) is 41.5 Å². The number of rotatable bonds is 60. The number of hydrogen-bond acceptors (Lipinski definition) is 6. The van der Waals surface area contributed by atoms with Gasteiger partial charge in [0.1, 0.15) is 13.2 Å². The van der Waals surface area contributed by atoms with Gasteiger partial charge in [-0.15, -0.1) is 0 Å². The fraction of sp³-hybridized carbons (Fsp3) is 0.955. The van der Waals surface area contributed by atoms with Crippen LogP contribution in [0.2, 0.25) is 0 Å². The smallest absolute Gasteiger partial charge is 0.306 e. The van der Waals surface area contributed by atoms with Crippen LogP contribution in [0.4, 0.5) is 0 Å². The van der Waals surface area contributed by atoms with Crippen LogP contribution in [-0.4, -0.2) is 37.2 Å². The molecule has 434 valence electrons. The van der Waals surface area contributed by atoms with Gasteiger partial charge in [-0.05, 0) is 37.0 Å². The summed E-state index contributed by atoms with van der Waals surface area (Å²) in [4.78, 5) is 38.3. The summed E-state index contributed by atoms with van der Waals surface area (Å²) < 4.78 is 17.0. The molecule has 0 aromatic heterocycles. The molecule has 73 heavy (non-hydrogen) atoms. The lowest BCUT2D eigenvalue weighted by Crippen LogP contribution is -2.30. The fourth-order valence-corrected chi connectivity index (χ4v) is 10.4. The molecular formula is C67H130O6. The van der Waals surface area contributed by atoms with Gasteiger partial charge in [0.2, 0.25) is 0 Å². The Kier molecular flexibility index (Phi) is 56.8. The van der Waals surface area contributed by atoms with E-state index in [1.165, 1.54) is 257 Å². The maximum atomic E-state index is 12.9. The van der Waals surface area contributed by atoms with E-state index in [1.807, 2.05) is 0 Å². The molecule has 0 radical (unpaired) electrons. The first-order valence-electron chi connectivity index (χ1n) is 33.1. The average molecular weight is 1030 g/mol. The van der Waals surface area contributed by atoms with Crippen molar-refractivity contribution in [1.82, 2.24) is 0 Å². The molecule has 6 nitrogen and oxygen atoms in total. The van der Waals surface area contributed by atoms with Gasteiger partial charge in [-0.25, -0.2) is 0 Å². The van der Waals surface area contributed by atoms with E-state index < -0.39 is 6.10 Å². The Morgan fingerprint density at radius 2 is 0.479 bits per heavy atom. The summed E-state index contributed by atoms with van der Waals surface area (Å²) in [6.45, 7) is 13.8. The molecule has 0 aromatic carbocycles. The highest BCUT2D eigenvalue weighted by Crippen LogP contribution is 2.20. The third-order valence-corrected chi connectivity index (χ3v) is 15.8. The Labute approximate surface area is 457 Å². The zero-order chi connectivity index (χ0) is 53.3. The monoisotopic (exact) mass is 1030 g/mol. The highest BCUT2D eigenvalue weighted by molar-refractivity contribution is 5.71. The number of hydrogen-bond donors (Lipinski definition) is 0. The molecule has 1 unspecified atom stereocenters. The SMILES string of the molecule is CCC(C)CCCCCCCCCCCCCCCCCCCCC(=O)OC[C@@H](COC(=O)CCCCCCCCCCCC(C)C)OC(=O)CCCCCCCCCCCCCCCCCCCCC(C)C. The van der Waals surface area contributed by atoms with E-state index in [-0.39, 0.29) is 31.1 Å². The first-order valence-corrected chi connectivity index (χ1v) is 33.1. The Bertz CT molecular complexity index is 1130. The van der Waals surface area contributed by atoms with Gasteiger partial charge in [-0.3, -0.25) is 14.4 Å². The van der Waals surface area contributed by atoms with Crippen LogP contribution >= 0.6 is 0 Å². The number of unbranched alkanes of at least 4 members (excludes halogenated alkanes) is 42. The van der Waals surface area contributed by atoms with E-state index in [0.717, 1.165) is 75.5 Å². The zero-order valence-electron chi connectivity index (χ0n) is 50.4. The van der Waals surface area contributed by atoms with Crippen molar-refractivity contribution in [2.24, 2.45) is 17.8 Å². The normalized spacial score (nSPS) is 12.5. The summed E-state index contributed by atoms with van der Waals surface area (Å²) >= 11 is 0. The predicted molar refractivity (Wildman–Crippen MR) is 316 cm³/mol. The Balaban J connectivity index is 4.22. The van der Waals surface area contributed by atoms with Gasteiger partial charge in [0.05, 0.1) is 0 Å². The highest BCUT2D eigenvalue weighted by Gasteiger charge is 2.20. The van der Waals surface area contributed by atoms with E-state index >= 15 is 0 Å². The Morgan fingerprint density at radius 3 is 0.712 bits per heavy atom. The number of carbonyl (C=O) groups excluding carboxylic acids is 3. The fourth-order valence-electron chi connectivity index (χ4n) is 10.4. The number of esters is 3. The summed E-state index contributed by atoms with van der Waals surface area (Å²) in [5, 5.41) is 0. The molecule has 2 atom stereocenters. The van der Waals surface area contributed by atoms with E-state index in [0.29, 0.717) is 19.3 Å². The van der Waals surface area contributed by atoms with Crippen LogP contribution < -0.4 is 0 Å². The molecule has 0 fully saturated rings. The molecule has 0 bridgehead atoms. The molecule has 0 aliphatic heterocycles. The summed E-state index contributed by atoms with van der Waals surface area (Å²) in [5.74, 6) is 1.74. The van der Waals surface area contributed by atoms with Crippen molar-refractivity contribution in [1.29, 1.82) is 0 Å². The first-order chi connectivity index (χ1) is 35.6. The molecule has 0 aliphatic carbocycles. The minimum absolute atomic E-state index is 0.0627. The molecule has 0 amide bonds. The van der Waals surface area contributed by atoms with Crippen molar-refractivity contribution in [2.75, 3.05) is 13.2 Å². The topological polar surface area (TPSA) is 78.9 Å². The Hall–Kier alpha value is -1.59. The summed E-state index contributed by atoms with van der Waals surface area (Å²) in [5.41, 5.74) is 0. The molecule has 0 saturated heterocycles. The summed E-state index contributed by atoms with van der Waals surface area (Å²) in [6.07, 6.45) is 64.0. The maximum absolute atomic E-state index is 12.9. The third kappa shape index (κ3) is 59.5. The second-order valence-electron chi connectivity index (χ2n) is 24.3. The van der Waals surface area contributed by atoms with Crippen LogP contribution in [-0.2, 0) is 28.6 Å². The second kappa shape index (κ2) is 58.1. The van der Waals surface area contributed by atoms with Crippen molar-refractivity contribution in [3.05, 3.63) is 0 Å². The standard InChI is InChI=1S/C67H130O6/c1-7-63(6)55-49-43-37-31-25-21-17-13-9-11-14-18-22-26-32-38-44-50-56-65(68)71-59-64(60-72-66(69)57-51-45-39-34-28-30-36-42-48-54-62(4)5)73-67(70)58-52-46-40-33-27-23-19-15-10-8-12-16-20-24-29-35-41-47-53-61(2)3/h61-64H,7-60H2,1-6H3/t63?,64-/m0/s1. The van der Waals surface area contributed by atoms with Crippen LogP contribution in [0.3, 0.4) is 0 Å². The second-order valence-corrected chi connectivity index (χ2v) is 24.3. The van der Waals surface area contributed by atoms with Crippen molar-refractivity contribution < 1.29 is 28.6 Å². The molecule has 6 heteroatoms. The van der Waals surface area contributed by atoms with Gasteiger partial charge in [0.25, 0.3) is 0 Å². The lowest BCUT2D eigenvalue weighted by molar-refractivity contribution is -0.167. The van der Waals surface area contributed by atoms with Crippen molar-refractivity contribution in [2.45, 2.75) is 382 Å². The predicted octanol–water partition coefficient (Wildman–Crippen LogP) is 22.2. The van der Waals surface area contributed by atoms with Crippen LogP contribution in [0, 0.1) is 17.8 Å². The summed E-state index contributed by atoms with van der Waals surface area (Å²) in [7, 11) is 0. The number of ether oxygens (including phenoxy) is 3. The zero-order valence-corrected chi connectivity index (χ0v) is 50.4. The third-order valence-electron chi connectivity index (χ3n) is 15.8. The molecule has 0 heterocycles. The minimum atomic E-state index is -0.765. The molecule has 0 aliphatic rings. The molecular weight excluding hydrogens is 901 g/mol. The average Bonchev–Trinajstić information content (AvgIpc) is 3.37.